The Morgan fingerprint density at radius 2 is 2.00 bits per heavy atom. The minimum atomic E-state index is -1.13. The van der Waals surface area contributed by atoms with Gasteiger partial charge in [0.1, 0.15) is 11.9 Å². The van der Waals surface area contributed by atoms with Crippen LogP contribution in [0.3, 0.4) is 0 Å². The molecule has 4 aromatic heterocycles. The van der Waals surface area contributed by atoms with Crippen LogP contribution < -0.4 is 5.32 Å². The van der Waals surface area contributed by atoms with E-state index >= 15 is 0 Å². The number of Topliss-reactive ketones (excluding diaryl/α,β-unsaturated/α-hetero) is 1. The standard InChI is InChI=1S/C20H20N10O3/c1-9(31)20-6-10(20)13(14(32)15(20)33)29-8-24-12-17(21-2)25-19(26-18(12)29)30-7-11(27-28-30)16-22-4-3-5-23-16/h3-5,7-8,10,13-15,32-33H,6H2,1-2H3,(H,21,25,26)/t10?,13-,14+,15?,20-/m1/s1. The number of hydrogen-bond acceptors (Lipinski definition) is 11. The van der Waals surface area contributed by atoms with Crippen LogP contribution in [0.1, 0.15) is 19.4 Å². The Hall–Kier alpha value is -3.84. The van der Waals surface area contributed by atoms with Crippen molar-refractivity contribution in [1.82, 2.24) is 44.5 Å². The van der Waals surface area contributed by atoms with E-state index in [1.54, 1.807) is 42.6 Å². The molecule has 3 N–H and O–H groups in total. The zero-order valence-corrected chi connectivity index (χ0v) is 17.7. The van der Waals surface area contributed by atoms with Gasteiger partial charge in [0.25, 0.3) is 5.95 Å². The maximum absolute atomic E-state index is 12.2. The summed E-state index contributed by atoms with van der Waals surface area (Å²) in [4.78, 5) is 34.2. The van der Waals surface area contributed by atoms with E-state index in [0.717, 1.165) is 0 Å². The summed E-state index contributed by atoms with van der Waals surface area (Å²) in [5.41, 5.74) is 0.492. The quantitative estimate of drug-likeness (QED) is 0.369. The predicted octanol–water partition coefficient (Wildman–Crippen LogP) is -0.223. The fraction of sp³-hybridized carbons (Fsp3) is 0.400. The lowest BCUT2D eigenvalue weighted by atomic mass is 9.95. The van der Waals surface area contributed by atoms with Crippen molar-refractivity contribution in [2.45, 2.75) is 31.6 Å². The molecule has 2 aliphatic rings. The van der Waals surface area contributed by atoms with Gasteiger partial charge in [0.05, 0.1) is 30.1 Å². The van der Waals surface area contributed by atoms with Gasteiger partial charge in [-0.1, -0.05) is 5.21 Å². The average Bonchev–Trinajstić information content (AvgIpc) is 3.10. The lowest BCUT2D eigenvalue weighted by Crippen LogP contribution is -2.36. The van der Waals surface area contributed by atoms with Gasteiger partial charge in [0.2, 0.25) is 0 Å². The molecular formula is C20H20N10O3. The molecule has 0 radical (unpaired) electrons. The van der Waals surface area contributed by atoms with Gasteiger partial charge in [-0.3, -0.25) is 4.79 Å². The summed E-state index contributed by atoms with van der Waals surface area (Å²) < 4.78 is 3.12. The van der Waals surface area contributed by atoms with Crippen molar-refractivity contribution < 1.29 is 15.0 Å². The molecule has 2 saturated carbocycles. The number of ketones is 1. The molecule has 13 heteroatoms. The molecule has 2 fully saturated rings. The summed E-state index contributed by atoms with van der Waals surface area (Å²) in [6.45, 7) is 1.46. The maximum atomic E-state index is 12.2. The molecule has 168 valence electrons. The van der Waals surface area contributed by atoms with Crippen LogP contribution >= 0.6 is 0 Å². The van der Waals surface area contributed by atoms with Crippen molar-refractivity contribution in [3.05, 3.63) is 31.0 Å². The monoisotopic (exact) mass is 448 g/mol. The Morgan fingerprint density at radius 1 is 1.21 bits per heavy atom. The fourth-order valence-corrected chi connectivity index (χ4v) is 5.07. The molecule has 33 heavy (non-hydrogen) atoms. The Balaban J connectivity index is 1.45. The number of carbonyl (C=O) groups excluding carboxylic acids is 1. The van der Waals surface area contributed by atoms with Gasteiger partial charge >= 0.3 is 0 Å². The fourth-order valence-electron chi connectivity index (χ4n) is 5.07. The Morgan fingerprint density at radius 3 is 2.70 bits per heavy atom. The Labute approximate surface area is 186 Å². The lowest BCUT2D eigenvalue weighted by Gasteiger charge is -2.23. The van der Waals surface area contributed by atoms with Crippen molar-refractivity contribution in [2.75, 3.05) is 12.4 Å². The Bertz CT molecular complexity index is 1390. The third kappa shape index (κ3) is 2.66. The normalized spacial score (nSPS) is 28.1. The SMILES string of the molecule is CNc1nc(-n2cc(-c3ncccn3)nn2)nc2c1ncn2[C@@H]1C2C[C@]2(C(C)=O)C(O)[C@H]1O. The third-order valence-corrected chi connectivity index (χ3v) is 6.79. The van der Waals surface area contributed by atoms with E-state index in [0.29, 0.717) is 34.9 Å². The minimum absolute atomic E-state index is 0.115. The second-order valence-electron chi connectivity index (χ2n) is 8.40. The van der Waals surface area contributed by atoms with Gasteiger partial charge in [-0.25, -0.2) is 15.0 Å². The zero-order chi connectivity index (χ0) is 22.9. The van der Waals surface area contributed by atoms with E-state index in [2.05, 4.69) is 40.5 Å². The van der Waals surface area contributed by atoms with E-state index in [4.69, 9.17) is 0 Å². The van der Waals surface area contributed by atoms with Crippen molar-refractivity contribution in [2.24, 2.45) is 11.3 Å². The lowest BCUT2D eigenvalue weighted by molar-refractivity contribution is -0.128. The molecule has 4 aromatic rings. The molecule has 13 nitrogen and oxygen atoms in total. The molecule has 0 aromatic carbocycles. The van der Waals surface area contributed by atoms with Crippen LogP contribution in [0, 0.1) is 11.3 Å². The van der Waals surface area contributed by atoms with Crippen molar-refractivity contribution in [3.63, 3.8) is 0 Å². The van der Waals surface area contributed by atoms with Gasteiger partial charge in [-0.05, 0) is 25.3 Å². The third-order valence-electron chi connectivity index (χ3n) is 6.79. The first kappa shape index (κ1) is 19.8. The Kier molecular flexibility index (Phi) is 4.10. The minimum Gasteiger partial charge on any atom is -0.389 e. The van der Waals surface area contributed by atoms with Gasteiger partial charge in [-0.15, -0.1) is 5.10 Å². The smallest absolute Gasteiger partial charge is 0.256 e. The van der Waals surface area contributed by atoms with Gasteiger partial charge in [-0.2, -0.15) is 14.6 Å². The number of rotatable bonds is 5. The number of anilines is 1. The van der Waals surface area contributed by atoms with Gasteiger partial charge < -0.3 is 20.1 Å². The highest BCUT2D eigenvalue weighted by molar-refractivity contribution is 5.88. The number of carbonyl (C=O) groups is 1. The molecule has 2 aliphatic carbocycles. The first-order chi connectivity index (χ1) is 16.0. The summed E-state index contributed by atoms with van der Waals surface area (Å²) in [7, 11) is 1.71. The molecule has 0 aliphatic heterocycles. The molecule has 0 spiro atoms. The van der Waals surface area contributed by atoms with Crippen molar-refractivity contribution in [1.29, 1.82) is 0 Å². The van der Waals surface area contributed by atoms with Crippen molar-refractivity contribution in [3.8, 4) is 17.5 Å². The summed E-state index contributed by atoms with van der Waals surface area (Å²) in [6, 6.07) is 1.17. The largest absolute Gasteiger partial charge is 0.389 e. The summed E-state index contributed by atoms with van der Waals surface area (Å²) >= 11 is 0. The van der Waals surface area contributed by atoms with Gasteiger partial charge in [0.15, 0.2) is 28.5 Å². The maximum Gasteiger partial charge on any atom is 0.256 e. The summed E-state index contributed by atoms with van der Waals surface area (Å²) in [5.74, 6) is 0.798. The number of aliphatic hydroxyl groups excluding tert-OH is 2. The molecule has 4 heterocycles. The number of nitrogens with one attached hydrogen (secondary N) is 1. The van der Waals surface area contributed by atoms with Crippen LogP contribution in [0.25, 0.3) is 28.6 Å². The van der Waals surface area contributed by atoms with E-state index < -0.39 is 23.7 Å². The highest BCUT2D eigenvalue weighted by Crippen LogP contribution is 2.68. The first-order valence-corrected chi connectivity index (χ1v) is 10.5. The number of fused-ring (bicyclic) bond motifs is 2. The highest BCUT2D eigenvalue weighted by Gasteiger charge is 2.74. The molecule has 0 amide bonds. The van der Waals surface area contributed by atoms with Crippen LogP contribution in [0.4, 0.5) is 5.82 Å². The number of nitrogens with zero attached hydrogens (tertiary/aromatic N) is 9. The molecule has 6 rings (SSSR count). The van der Waals surface area contributed by atoms with E-state index in [1.807, 2.05) is 0 Å². The van der Waals surface area contributed by atoms with Crippen molar-refractivity contribution >= 4 is 22.8 Å². The molecule has 5 atom stereocenters. The molecule has 0 saturated heterocycles. The van der Waals surface area contributed by atoms with Gasteiger partial charge in [0, 0.05) is 19.4 Å². The number of aliphatic hydroxyl groups is 2. The number of imidazole rings is 1. The first-order valence-electron chi connectivity index (χ1n) is 10.5. The van der Waals surface area contributed by atoms with E-state index in [1.165, 1.54) is 11.6 Å². The van der Waals surface area contributed by atoms with Crippen LogP contribution in [0.15, 0.2) is 31.0 Å². The molecular weight excluding hydrogens is 428 g/mol. The van der Waals surface area contributed by atoms with Crippen LogP contribution in [0.5, 0.6) is 0 Å². The van der Waals surface area contributed by atoms with Crippen LogP contribution in [-0.4, -0.2) is 79.7 Å². The van der Waals surface area contributed by atoms with E-state index in [9.17, 15) is 15.0 Å². The number of aromatic nitrogens is 9. The molecule has 0 bridgehead atoms. The predicted molar refractivity (Wildman–Crippen MR) is 113 cm³/mol. The topological polar surface area (TPSA) is 170 Å². The average molecular weight is 448 g/mol. The van der Waals surface area contributed by atoms with Crippen LogP contribution in [0.2, 0.25) is 0 Å². The second-order valence-corrected chi connectivity index (χ2v) is 8.40. The summed E-state index contributed by atoms with van der Waals surface area (Å²) in [6.07, 6.45) is 4.68. The summed E-state index contributed by atoms with van der Waals surface area (Å²) in [5, 5.41) is 32.7. The highest BCUT2D eigenvalue weighted by atomic mass is 16.3. The zero-order valence-electron chi connectivity index (χ0n) is 17.7. The second kappa shape index (κ2) is 6.83. The van der Waals surface area contributed by atoms with E-state index in [-0.39, 0.29) is 17.6 Å². The van der Waals surface area contributed by atoms with Crippen LogP contribution in [-0.2, 0) is 4.79 Å². The molecule has 2 unspecified atom stereocenters. The number of hydrogen-bond donors (Lipinski definition) is 3.